The minimum absolute atomic E-state index is 0.0606. The van der Waals surface area contributed by atoms with Crippen LogP contribution in [0.4, 0.5) is 0 Å². The van der Waals surface area contributed by atoms with Crippen LogP contribution in [0.3, 0.4) is 0 Å². The van der Waals surface area contributed by atoms with Gasteiger partial charge in [0.2, 0.25) is 0 Å². The molecule has 1 rings (SSSR count). The predicted molar refractivity (Wildman–Crippen MR) is 72.6 cm³/mol. The largest absolute Gasteiger partial charge is 0.496 e. The van der Waals surface area contributed by atoms with E-state index in [9.17, 15) is 0 Å². The lowest BCUT2D eigenvalue weighted by Gasteiger charge is -2.27. The Labute approximate surface area is 107 Å². The molecule has 0 radical (unpaired) electrons. The lowest BCUT2D eigenvalue weighted by atomic mass is 9.83. The third-order valence-electron chi connectivity index (χ3n) is 2.75. The molecule has 1 aromatic carbocycles. The van der Waals surface area contributed by atoms with Crippen LogP contribution in [0.15, 0.2) is 18.2 Å². The molecule has 1 aromatic rings. The van der Waals surface area contributed by atoms with E-state index in [-0.39, 0.29) is 5.41 Å². The summed E-state index contributed by atoms with van der Waals surface area (Å²) in [6.07, 6.45) is 0. The Kier molecular flexibility index (Phi) is 4.81. The molecular formula is C13H20BrNO. The van der Waals surface area contributed by atoms with E-state index in [0.29, 0.717) is 0 Å². The second kappa shape index (κ2) is 5.69. The Bertz CT molecular complexity index is 350. The molecule has 0 atom stereocenters. The van der Waals surface area contributed by atoms with Crippen LogP contribution < -0.4 is 10.1 Å². The lowest BCUT2D eigenvalue weighted by Crippen LogP contribution is -2.32. The molecule has 0 amide bonds. The molecule has 16 heavy (non-hydrogen) atoms. The van der Waals surface area contributed by atoms with Crippen LogP contribution in [0.1, 0.15) is 25.0 Å². The van der Waals surface area contributed by atoms with Crippen molar-refractivity contribution in [3.63, 3.8) is 0 Å². The molecule has 3 heteroatoms. The van der Waals surface area contributed by atoms with Gasteiger partial charge in [-0.25, -0.2) is 0 Å². The highest BCUT2D eigenvalue weighted by Gasteiger charge is 2.23. The summed E-state index contributed by atoms with van der Waals surface area (Å²) < 4.78 is 5.43. The van der Waals surface area contributed by atoms with Gasteiger partial charge in [-0.1, -0.05) is 47.5 Å². The summed E-state index contributed by atoms with van der Waals surface area (Å²) in [5, 5.41) is 3.32. The molecular weight excluding hydrogens is 266 g/mol. The Morgan fingerprint density at radius 1 is 1.38 bits per heavy atom. The van der Waals surface area contributed by atoms with Gasteiger partial charge in [0.05, 0.1) is 12.6 Å². The topological polar surface area (TPSA) is 21.3 Å². The maximum Gasteiger partial charge on any atom is 0.122 e. The molecule has 0 aliphatic carbocycles. The maximum atomic E-state index is 5.43. The first-order chi connectivity index (χ1) is 7.51. The second-order valence-electron chi connectivity index (χ2n) is 4.65. The molecule has 0 aliphatic heterocycles. The number of benzene rings is 1. The van der Waals surface area contributed by atoms with Gasteiger partial charge in [-0.05, 0) is 13.0 Å². The molecule has 0 bridgehead atoms. The van der Waals surface area contributed by atoms with Gasteiger partial charge in [-0.15, -0.1) is 0 Å². The van der Waals surface area contributed by atoms with E-state index < -0.39 is 0 Å². The monoisotopic (exact) mass is 285 g/mol. The number of hydrogen-bond donors (Lipinski definition) is 1. The van der Waals surface area contributed by atoms with E-state index in [1.165, 1.54) is 11.1 Å². The first-order valence-electron chi connectivity index (χ1n) is 5.43. The maximum absolute atomic E-state index is 5.43. The van der Waals surface area contributed by atoms with Crippen LogP contribution in [0, 0.1) is 6.92 Å². The third kappa shape index (κ3) is 3.22. The molecule has 0 saturated carbocycles. The highest BCUT2D eigenvalue weighted by atomic mass is 79.9. The lowest BCUT2D eigenvalue weighted by molar-refractivity contribution is 0.388. The number of alkyl halides is 1. The van der Waals surface area contributed by atoms with E-state index >= 15 is 0 Å². The normalized spacial score (nSPS) is 11.6. The molecule has 2 nitrogen and oxygen atoms in total. The van der Waals surface area contributed by atoms with Crippen molar-refractivity contribution < 1.29 is 4.74 Å². The van der Waals surface area contributed by atoms with Crippen molar-refractivity contribution in [2.24, 2.45) is 0 Å². The fourth-order valence-corrected chi connectivity index (χ4v) is 2.00. The highest BCUT2D eigenvalue weighted by molar-refractivity contribution is 9.09. The summed E-state index contributed by atoms with van der Waals surface area (Å²) in [6, 6.07) is 6.33. The van der Waals surface area contributed by atoms with Gasteiger partial charge in [-0.2, -0.15) is 0 Å². The van der Waals surface area contributed by atoms with Crippen LogP contribution in [0.25, 0.3) is 0 Å². The molecule has 90 valence electrons. The number of ether oxygens (including phenoxy) is 1. The molecule has 0 aliphatic rings. The summed E-state index contributed by atoms with van der Waals surface area (Å²) in [5.74, 6) is 0.965. The Hall–Kier alpha value is -0.540. The van der Waals surface area contributed by atoms with Crippen LogP contribution in [0.5, 0.6) is 5.75 Å². The highest BCUT2D eigenvalue weighted by Crippen LogP contribution is 2.31. The minimum atomic E-state index is 0.0606. The zero-order valence-electron chi connectivity index (χ0n) is 10.4. The van der Waals surface area contributed by atoms with Crippen molar-refractivity contribution in [1.29, 1.82) is 0 Å². The van der Waals surface area contributed by atoms with E-state index in [4.69, 9.17) is 4.74 Å². The van der Waals surface area contributed by atoms with Gasteiger partial charge in [-0.3, -0.25) is 0 Å². The second-order valence-corrected chi connectivity index (χ2v) is 5.21. The van der Waals surface area contributed by atoms with Gasteiger partial charge in [0, 0.05) is 17.5 Å². The Balaban J connectivity index is 3.04. The molecule has 0 heterocycles. The number of nitrogens with one attached hydrogen (secondary N) is 1. The van der Waals surface area contributed by atoms with Crippen LogP contribution in [0.2, 0.25) is 0 Å². The smallest absolute Gasteiger partial charge is 0.122 e. The fourth-order valence-electron chi connectivity index (χ4n) is 1.81. The fraction of sp³-hybridized carbons (Fsp3) is 0.538. The number of methoxy groups -OCH3 is 1. The van der Waals surface area contributed by atoms with Crippen LogP contribution >= 0.6 is 15.9 Å². The van der Waals surface area contributed by atoms with Gasteiger partial charge < -0.3 is 10.1 Å². The van der Waals surface area contributed by atoms with Crippen molar-refractivity contribution in [2.75, 3.05) is 19.1 Å². The summed E-state index contributed by atoms with van der Waals surface area (Å²) in [6.45, 7) is 7.47. The van der Waals surface area contributed by atoms with Crippen LogP contribution in [-0.2, 0) is 5.41 Å². The quantitative estimate of drug-likeness (QED) is 0.663. The van der Waals surface area contributed by atoms with E-state index in [0.717, 1.165) is 17.7 Å². The number of aryl methyl sites for hydroxylation is 1. The number of hydrogen-bond acceptors (Lipinski definition) is 2. The van der Waals surface area contributed by atoms with Gasteiger partial charge in [0.25, 0.3) is 0 Å². The number of rotatable bonds is 5. The average molecular weight is 286 g/mol. The van der Waals surface area contributed by atoms with E-state index in [1.54, 1.807) is 7.11 Å². The molecule has 0 spiro atoms. The van der Waals surface area contributed by atoms with Crippen molar-refractivity contribution in [2.45, 2.75) is 26.2 Å². The predicted octanol–water partition coefficient (Wildman–Crippen LogP) is 3.22. The first-order valence-corrected chi connectivity index (χ1v) is 6.55. The van der Waals surface area contributed by atoms with Gasteiger partial charge in [0.15, 0.2) is 0 Å². The Morgan fingerprint density at radius 3 is 2.62 bits per heavy atom. The zero-order chi connectivity index (χ0) is 12.2. The van der Waals surface area contributed by atoms with E-state index in [1.807, 2.05) is 6.07 Å². The summed E-state index contributed by atoms with van der Waals surface area (Å²) in [4.78, 5) is 0. The molecule has 0 saturated heterocycles. The molecule has 1 N–H and O–H groups in total. The number of halogens is 1. The van der Waals surface area contributed by atoms with Crippen molar-refractivity contribution in [3.05, 3.63) is 29.3 Å². The standard InChI is InChI=1S/C13H20BrNO/c1-10-5-6-12(16-4)11(7-10)13(2,3)8-15-9-14/h5-7,15H,8-9H2,1-4H3. The van der Waals surface area contributed by atoms with Crippen molar-refractivity contribution in [1.82, 2.24) is 5.32 Å². The molecule has 0 unspecified atom stereocenters. The first kappa shape index (κ1) is 13.5. The summed E-state index contributed by atoms with van der Waals surface area (Å²) >= 11 is 3.38. The SMILES string of the molecule is COc1ccc(C)cc1C(C)(C)CNCBr. The van der Waals surface area contributed by atoms with E-state index in [2.05, 4.69) is 54.2 Å². The summed E-state index contributed by atoms with van der Waals surface area (Å²) in [5.41, 5.74) is 3.39. The van der Waals surface area contributed by atoms with Crippen LogP contribution in [-0.4, -0.2) is 19.1 Å². The van der Waals surface area contributed by atoms with Gasteiger partial charge in [0.1, 0.15) is 5.75 Å². The van der Waals surface area contributed by atoms with Crippen molar-refractivity contribution in [3.8, 4) is 5.75 Å². The van der Waals surface area contributed by atoms with Gasteiger partial charge >= 0.3 is 0 Å². The molecule has 0 fully saturated rings. The summed E-state index contributed by atoms with van der Waals surface area (Å²) in [7, 11) is 1.72. The molecule has 0 aromatic heterocycles. The zero-order valence-corrected chi connectivity index (χ0v) is 12.0. The minimum Gasteiger partial charge on any atom is -0.496 e. The Morgan fingerprint density at radius 2 is 2.06 bits per heavy atom. The third-order valence-corrected chi connectivity index (χ3v) is 3.14. The van der Waals surface area contributed by atoms with Crippen molar-refractivity contribution >= 4 is 15.9 Å². The average Bonchev–Trinajstić information content (AvgIpc) is 2.26.